The van der Waals surface area contributed by atoms with Gasteiger partial charge in [0.05, 0.1) is 16.9 Å². The van der Waals surface area contributed by atoms with Gasteiger partial charge in [-0.2, -0.15) is 13.2 Å². The average Bonchev–Trinajstić information content (AvgIpc) is 3.54. The molecule has 2 aliphatic carbocycles. The number of aromatic nitrogens is 1. The van der Waals surface area contributed by atoms with E-state index in [2.05, 4.69) is 47.7 Å². The van der Waals surface area contributed by atoms with E-state index in [0.29, 0.717) is 38.0 Å². The molecule has 230 valence electrons. The van der Waals surface area contributed by atoms with Gasteiger partial charge in [-0.3, -0.25) is 4.98 Å². The van der Waals surface area contributed by atoms with Crippen LogP contribution in [0.5, 0.6) is 0 Å². The van der Waals surface area contributed by atoms with Crippen LogP contribution in [0.1, 0.15) is 118 Å². The third-order valence-electron chi connectivity index (χ3n) is 10.5. The second kappa shape index (κ2) is 9.61. The van der Waals surface area contributed by atoms with Crippen molar-refractivity contribution >= 4 is 8.32 Å². The highest BCUT2D eigenvalue weighted by atomic mass is 28.4. The lowest BCUT2D eigenvalue weighted by Gasteiger charge is -2.48. The minimum Gasteiger partial charge on any atom is -0.387 e. The number of ether oxygens (including phenoxy) is 2. The zero-order chi connectivity index (χ0) is 30.5. The summed E-state index contributed by atoms with van der Waals surface area (Å²) >= 11 is 0. The maximum absolute atomic E-state index is 13.5. The highest BCUT2D eigenvalue weighted by Gasteiger charge is 2.61. The van der Waals surface area contributed by atoms with Gasteiger partial charge < -0.3 is 19.0 Å². The number of rotatable bonds is 4. The maximum Gasteiger partial charge on any atom is 0.416 e. The smallest absolute Gasteiger partial charge is 0.387 e. The molecule has 4 aliphatic rings. The largest absolute Gasteiger partial charge is 0.416 e. The zero-order valence-electron chi connectivity index (χ0n) is 25.9. The fourth-order valence-electron chi connectivity index (χ4n) is 7.10. The minimum atomic E-state index is -4.42. The number of nitrogens with zero attached hydrogens (tertiary/aromatic N) is 1. The molecule has 1 N–H and O–H groups in total. The van der Waals surface area contributed by atoms with Crippen LogP contribution in [0.2, 0.25) is 18.1 Å². The third kappa shape index (κ3) is 4.87. The van der Waals surface area contributed by atoms with Crippen LogP contribution in [0.25, 0.3) is 0 Å². The quantitative estimate of drug-likeness (QED) is 0.282. The molecule has 3 heterocycles. The molecule has 2 aromatic rings. The van der Waals surface area contributed by atoms with Gasteiger partial charge in [0.2, 0.25) is 0 Å². The molecule has 9 heteroatoms. The predicted molar refractivity (Wildman–Crippen MR) is 157 cm³/mol. The third-order valence-corrected chi connectivity index (χ3v) is 15.0. The summed E-state index contributed by atoms with van der Waals surface area (Å²) < 4.78 is 60.2. The molecule has 0 radical (unpaired) electrons. The van der Waals surface area contributed by atoms with Gasteiger partial charge in [-0.15, -0.1) is 0 Å². The molecule has 2 fully saturated rings. The van der Waals surface area contributed by atoms with Gasteiger partial charge in [-0.1, -0.05) is 46.8 Å². The van der Waals surface area contributed by atoms with Crippen molar-refractivity contribution in [1.82, 2.24) is 4.98 Å². The Morgan fingerprint density at radius 3 is 2.14 bits per heavy atom. The number of fused-ring (bicyclic) bond motifs is 4. The second-order valence-corrected chi connectivity index (χ2v) is 19.7. The highest BCUT2D eigenvalue weighted by Crippen LogP contribution is 2.64. The summed E-state index contributed by atoms with van der Waals surface area (Å²) in [5.41, 5.74) is 3.56. The van der Waals surface area contributed by atoms with E-state index in [1.165, 1.54) is 12.1 Å². The minimum absolute atomic E-state index is 0.0191. The van der Waals surface area contributed by atoms with Crippen LogP contribution in [0.15, 0.2) is 24.3 Å². The molecule has 2 spiro atoms. The van der Waals surface area contributed by atoms with E-state index in [0.717, 1.165) is 59.5 Å². The summed E-state index contributed by atoms with van der Waals surface area (Å²) in [5, 5.41) is 12.7. The fourth-order valence-corrected chi connectivity index (χ4v) is 8.42. The lowest BCUT2D eigenvalue weighted by atomic mass is 9.71. The van der Waals surface area contributed by atoms with Crippen molar-refractivity contribution in [3.63, 3.8) is 0 Å². The first-order valence-electron chi connectivity index (χ1n) is 15.3. The van der Waals surface area contributed by atoms with Crippen molar-refractivity contribution in [2.45, 2.75) is 121 Å². The van der Waals surface area contributed by atoms with Crippen molar-refractivity contribution in [2.75, 3.05) is 13.2 Å². The van der Waals surface area contributed by atoms with Crippen LogP contribution >= 0.6 is 0 Å². The lowest BCUT2D eigenvalue weighted by molar-refractivity contribution is -0.182. The van der Waals surface area contributed by atoms with E-state index in [4.69, 9.17) is 18.9 Å². The Bertz CT molecular complexity index is 1370. The molecule has 5 nitrogen and oxygen atoms in total. The van der Waals surface area contributed by atoms with Crippen LogP contribution in [0.4, 0.5) is 13.2 Å². The van der Waals surface area contributed by atoms with Gasteiger partial charge in [-0.25, -0.2) is 0 Å². The molecule has 1 aromatic carbocycles. The molecule has 2 atom stereocenters. The summed E-state index contributed by atoms with van der Waals surface area (Å²) in [5.74, 6) is -1.48. The molecule has 0 amide bonds. The first kappa shape index (κ1) is 30.3. The van der Waals surface area contributed by atoms with Gasteiger partial charge >= 0.3 is 6.18 Å². The molecular formula is C33H44F3NO4Si. The van der Waals surface area contributed by atoms with Crippen LogP contribution in [-0.2, 0) is 37.9 Å². The van der Waals surface area contributed by atoms with Gasteiger partial charge in [0.15, 0.2) is 14.1 Å². The first-order chi connectivity index (χ1) is 19.4. The summed E-state index contributed by atoms with van der Waals surface area (Å²) in [6.45, 7) is 16.1. The summed E-state index contributed by atoms with van der Waals surface area (Å²) in [6.07, 6.45) is -0.468. The van der Waals surface area contributed by atoms with E-state index in [-0.39, 0.29) is 16.4 Å². The molecule has 1 aromatic heterocycles. The Hall–Kier alpha value is -1.78. The molecular weight excluding hydrogens is 559 g/mol. The van der Waals surface area contributed by atoms with Crippen molar-refractivity contribution in [3.8, 4) is 0 Å². The fraction of sp³-hybridized carbons (Fsp3) is 0.667. The number of pyridine rings is 1. The first-order valence-corrected chi connectivity index (χ1v) is 18.2. The molecule has 1 saturated carbocycles. The average molecular weight is 604 g/mol. The van der Waals surface area contributed by atoms with Gasteiger partial charge in [0.1, 0.15) is 6.10 Å². The monoisotopic (exact) mass is 603 g/mol. The standard InChI is InChI=1S/C33H44F3NO4Si/c1-20(2)27-24-26(25-23(37-27)18-30(12-13-30)19-32(25,38)41-42(6,7)29(3,4)5)31(14-16-39-17-15-31)40-28(24)21-8-10-22(11-9-21)33(34,35)36/h8-11,20,28,38H,12-19H2,1-7H3/t28-,32+/m1/s1. The van der Waals surface area contributed by atoms with Crippen LogP contribution in [0.3, 0.4) is 0 Å². The van der Waals surface area contributed by atoms with Crippen LogP contribution in [-0.4, -0.2) is 31.6 Å². The number of hydrogen-bond donors (Lipinski definition) is 1. The maximum atomic E-state index is 13.5. The number of benzene rings is 1. The summed E-state index contributed by atoms with van der Waals surface area (Å²) in [4.78, 5) is 5.30. The Morgan fingerprint density at radius 1 is 1.00 bits per heavy atom. The van der Waals surface area contributed by atoms with Gasteiger partial charge in [-0.05, 0) is 66.4 Å². The van der Waals surface area contributed by atoms with Crippen molar-refractivity contribution in [2.24, 2.45) is 5.41 Å². The normalized spacial score (nSPS) is 26.5. The summed E-state index contributed by atoms with van der Waals surface area (Å²) in [6, 6.07) is 5.30. The molecule has 0 unspecified atom stereocenters. The molecule has 0 bridgehead atoms. The number of hydrogen-bond acceptors (Lipinski definition) is 5. The zero-order valence-corrected chi connectivity index (χ0v) is 26.9. The predicted octanol–water partition coefficient (Wildman–Crippen LogP) is 8.24. The second-order valence-electron chi connectivity index (χ2n) is 15.0. The Morgan fingerprint density at radius 2 is 1.62 bits per heavy atom. The Balaban J connectivity index is 1.61. The van der Waals surface area contributed by atoms with Gasteiger partial charge in [0, 0.05) is 54.9 Å². The highest BCUT2D eigenvalue weighted by molar-refractivity contribution is 6.74. The Kier molecular flexibility index (Phi) is 6.92. The molecule has 42 heavy (non-hydrogen) atoms. The van der Waals surface area contributed by atoms with Crippen molar-refractivity contribution < 1.29 is 32.2 Å². The number of aliphatic hydroxyl groups is 1. The number of alkyl halides is 3. The molecule has 1 saturated heterocycles. The van der Waals surface area contributed by atoms with E-state index in [9.17, 15) is 18.3 Å². The van der Waals surface area contributed by atoms with Crippen LogP contribution < -0.4 is 0 Å². The van der Waals surface area contributed by atoms with Crippen molar-refractivity contribution in [3.05, 3.63) is 63.5 Å². The Labute approximate surface area is 248 Å². The van der Waals surface area contributed by atoms with Crippen molar-refractivity contribution in [1.29, 1.82) is 0 Å². The van der Waals surface area contributed by atoms with E-state index >= 15 is 0 Å². The van der Waals surface area contributed by atoms with E-state index in [1.807, 2.05) is 0 Å². The van der Waals surface area contributed by atoms with E-state index in [1.54, 1.807) is 0 Å². The lowest BCUT2D eigenvalue weighted by Crippen LogP contribution is -2.52. The summed E-state index contributed by atoms with van der Waals surface area (Å²) in [7, 11) is -2.45. The van der Waals surface area contributed by atoms with E-state index < -0.39 is 37.5 Å². The van der Waals surface area contributed by atoms with Crippen LogP contribution in [0, 0.1) is 5.41 Å². The van der Waals surface area contributed by atoms with Gasteiger partial charge in [0.25, 0.3) is 0 Å². The molecule has 6 rings (SSSR count). The molecule has 2 aliphatic heterocycles. The number of halogens is 3. The SMILES string of the molecule is CC(C)c1nc2c(c3c1[C@@H](c1ccc(C(F)(F)F)cc1)OC31CCOCC1)[C@@](O)(O[Si](C)(C)C(C)(C)C)CC1(CC1)C2. The topological polar surface area (TPSA) is 60.8 Å².